The minimum Gasteiger partial charge on any atom is -0.478 e. The van der Waals surface area contributed by atoms with E-state index >= 15 is 0 Å². The van der Waals surface area contributed by atoms with Gasteiger partial charge < -0.3 is 5.11 Å². The van der Waals surface area contributed by atoms with E-state index in [0.717, 1.165) is 12.1 Å². The Morgan fingerprint density at radius 3 is 2.56 bits per heavy atom. The van der Waals surface area contributed by atoms with Gasteiger partial charge in [-0.1, -0.05) is 0 Å². The summed E-state index contributed by atoms with van der Waals surface area (Å²) in [5, 5.41) is 8.83. The first kappa shape index (κ1) is 15.2. The predicted molar refractivity (Wildman–Crippen MR) is 67.3 cm³/mol. The normalized spacial score (nSPS) is 11.8. The van der Waals surface area contributed by atoms with Gasteiger partial charge in [0.25, 0.3) is 6.43 Å². The molecule has 5 nitrogen and oxygen atoms in total. The topological polar surface area (TPSA) is 83.5 Å². The maximum atomic E-state index is 11.9. The van der Waals surface area contributed by atoms with Gasteiger partial charge in [0.15, 0.2) is 0 Å². The molecular formula is C9H8F2INO4S. The van der Waals surface area contributed by atoms with Gasteiger partial charge in [-0.15, -0.1) is 0 Å². The van der Waals surface area contributed by atoms with Gasteiger partial charge in [0.05, 0.1) is 17.0 Å². The van der Waals surface area contributed by atoms with Crippen LogP contribution in [0.2, 0.25) is 0 Å². The van der Waals surface area contributed by atoms with Crippen molar-refractivity contribution >= 4 is 38.6 Å². The second-order valence-electron chi connectivity index (χ2n) is 3.19. The summed E-state index contributed by atoms with van der Waals surface area (Å²) in [4.78, 5) is 10.5. The van der Waals surface area contributed by atoms with Gasteiger partial charge in [-0.2, -0.15) is 0 Å². The van der Waals surface area contributed by atoms with Crippen LogP contribution >= 0.6 is 22.6 Å². The lowest BCUT2D eigenvalue weighted by molar-refractivity contribution is 0.0695. The third-order valence-electron chi connectivity index (χ3n) is 1.91. The molecule has 0 bridgehead atoms. The van der Waals surface area contributed by atoms with Crippen molar-refractivity contribution in [3.05, 3.63) is 27.3 Å². The van der Waals surface area contributed by atoms with E-state index in [-0.39, 0.29) is 10.5 Å². The van der Waals surface area contributed by atoms with Gasteiger partial charge in [-0.25, -0.2) is 26.7 Å². The lowest BCUT2D eigenvalue weighted by Gasteiger charge is -2.07. The molecule has 0 amide bonds. The van der Waals surface area contributed by atoms with Crippen molar-refractivity contribution in [3.63, 3.8) is 0 Å². The molecule has 1 aromatic rings. The fraction of sp³-hybridized carbons (Fsp3) is 0.222. The van der Waals surface area contributed by atoms with Crippen molar-refractivity contribution in [3.8, 4) is 0 Å². The zero-order valence-corrected chi connectivity index (χ0v) is 11.7. The van der Waals surface area contributed by atoms with E-state index in [4.69, 9.17) is 5.11 Å². The smallest absolute Gasteiger partial charge is 0.336 e. The minimum absolute atomic E-state index is 0.199. The maximum absolute atomic E-state index is 11.9. The van der Waals surface area contributed by atoms with Crippen molar-refractivity contribution in [1.29, 1.82) is 0 Å². The number of carbonyl (C=O) groups is 1. The number of rotatable bonds is 5. The van der Waals surface area contributed by atoms with Gasteiger partial charge in [0, 0.05) is 3.57 Å². The molecule has 0 unspecified atom stereocenters. The molecule has 0 saturated heterocycles. The van der Waals surface area contributed by atoms with Crippen molar-refractivity contribution in [2.24, 2.45) is 0 Å². The molecule has 18 heavy (non-hydrogen) atoms. The summed E-state index contributed by atoms with van der Waals surface area (Å²) in [6, 6.07) is 3.38. The molecule has 2 N–H and O–H groups in total. The van der Waals surface area contributed by atoms with Crippen LogP contribution in [-0.4, -0.2) is 32.5 Å². The first-order chi connectivity index (χ1) is 8.24. The van der Waals surface area contributed by atoms with Crippen LogP contribution in [0.1, 0.15) is 10.4 Å². The molecule has 0 aromatic heterocycles. The molecule has 9 heteroatoms. The van der Waals surface area contributed by atoms with E-state index in [9.17, 15) is 22.0 Å². The molecule has 0 aliphatic rings. The van der Waals surface area contributed by atoms with Gasteiger partial charge in [-0.3, -0.25) is 0 Å². The predicted octanol–water partition coefficient (Wildman–Crippen LogP) is 1.53. The Hall–Kier alpha value is -0.810. The Bertz CT molecular complexity index is 562. The number of alkyl halides is 2. The first-order valence-corrected chi connectivity index (χ1v) is 7.11. The molecule has 0 aliphatic heterocycles. The molecule has 0 aliphatic carbocycles. The van der Waals surface area contributed by atoms with Crippen LogP contribution in [-0.2, 0) is 10.0 Å². The number of hydrogen-bond donors (Lipinski definition) is 2. The molecule has 0 fully saturated rings. The van der Waals surface area contributed by atoms with E-state index in [2.05, 4.69) is 0 Å². The molecule has 0 spiro atoms. The highest BCUT2D eigenvalue weighted by atomic mass is 127. The van der Waals surface area contributed by atoms with Crippen LogP contribution in [0.25, 0.3) is 0 Å². The average Bonchev–Trinajstić information content (AvgIpc) is 2.26. The molecule has 1 aromatic carbocycles. The lowest BCUT2D eigenvalue weighted by atomic mass is 10.2. The van der Waals surface area contributed by atoms with Crippen molar-refractivity contribution < 1.29 is 27.1 Å². The van der Waals surface area contributed by atoms with E-state index in [0.29, 0.717) is 3.57 Å². The Balaban J connectivity index is 3.10. The summed E-state index contributed by atoms with van der Waals surface area (Å²) in [5.41, 5.74) is -0.199. The first-order valence-electron chi connectivity index (χ1n) is 4.54. The standard InChI is InChI=1S/C9H8F2INO4S/c10-8(11)4-13-18(16,17)5-1-2-7(12)6(3-5)9(14)15/h1-3,8,13H,4H2,(H,14,15). The molecule has 1 rings (SSSR count). The summed E-state index contributed by atoms with van der Waals surface area (Å²) in [7, 11) is -4.12. The monoisotopic (exact) mass is 391 g/mol. The van der Waals surface area contributed by atoms with Gasteiger partial charge >= 0.3 is 5.97 Å². The fourth-order valence-corrected chi connectivity index (χ4v) is 2.69. The highest BCUT2D eigenvalue weighted by molar-refractivity contribution is 14.1. The molecule has 0 saturated carbocycles. The largest absolute Gasteiger partial charge is 0.478 e. The molecule has 0 atom stereocenters. The van der Waals surface area contributed by atoms with Gasteiger partial charge in [0.1, 0.15) is 0 Å². The Morgan fingerprint density at radius 2 is 2.06 bits per heavy atom. The third kappa shape index (κ3) is 3.85. The van der Waals surface area contributed by atoms with Crippen LogP contribution in [0, 0.1) is 3.57 Å². The summed E-state index contributed by atoms with van der Waals surface area (Å²) >= 11 is 1.74. The maximum Gasteiger partial charge on any atom is 0.336 e. The molecule has 0 radical (unpaired) electrons. The van der Waals surface area contributed by atoms with E-state index < -0.39 is 29.0 Å². The fourth-order valence-electron chi connectivity index (χ4n) is 1.09. The highest BCUT2D eigenvalue weighted by Gasteiger charge is 2.19. The zero-order valence-electron chi connectivity index (χ0n) is 8.73. The summed E-state index contributed by atoms with van der Waals surface area (Å²) < 4.78 is 49.1. The van der Waals surface area contributed by atoms with Crippen molar-refractivity contribution in [1.82, 2.24) is 4.72 Å². The van der Waals surface area contributed by atoms with Crippen LogP contribution < -0.4 is 4.72 Å². The van der Waals surface area contributed by atoms with E-state index in [1.807, 2.05) is 0 Å². The number of aromatic carboxylic acids is 1. The quantitative estimate of drug-likeness (QED) is 0.746. The second-order valence-corrected chi connectivity index (χ2v) is 6.12. The van der Waals surface area contributed by atoms with E-state index in [1.165, 1.54) is 6.07 Å². The average molecular weight is 391 g/mol. The third-order valence-corrected chi connectivity index (χ3v) is 4.27. The van der Waals surface area contributed by atoms with Gasteiger partial charge in [-0.05, 0) is 40.8 Å². The summed E-state index contributed by atoms with van der Waals surface area (Å²) in [6.07, 6.45) is -2.82. The number of benzene rings is 1. The number of nitrogens with one attached hydrogen (secondary N) is 1. The Morgan fingerprint density at radius 1 is 1.44 bits per heavy atom. The number of sulfonamides is 1. The van der Waals surface area contributed by atoms with E-state index in [1.54, 1.807) is 27.3 Å². The number of halogens is 3. The summed E-state index contributed by atoms with van der Waals surface area (Å²) in [5.74, 6) is -1.29. The minimum atomic E-state index is -4.12. The van der Waals surface area contributed by atoms with Crippen LogP contribution in [0.3, 0.4) is 0 Å². The Labute approximate surface area is 115 Å². The van der Waals surface area contributed by atoms with Crippen molar-refractivity contribution in [2.45, 2.75) is 11.3 Å². The molecule has 100 valence electrons. The Kier molecular flexibility index (Phi) is 4.99. The van der Waals surface area contributed by atoms with Gasteiger partial charge in [0.2, 0.25) is 10.0 Å². The molecule has 0 heterocycles. The molecular weight excluding hydrogens is 383 g/mol. The zero-order chi connectivity index (χ0) is 13.9. The number of carboxylic acids is 1. The lowest BCUT2D eigenvalue weighted by Crippen LogP contribution is -2.28. The van der Waals surface area contributed by atoms with Crippen LogP contribution in [0.5, 0.6) is 0 Å². The van der Waals surface area contributed by atoms with Crippen LogP contribution in [0.4, 0.5) is 8.78 Å². The second kappa shape index (κ2) is 5.89. The number of hydrogen-bond acceptors (Lipinski definition) is 3. The highest BCUT2D eigenvalue weighted by Crippen LogP contribution is 2.18. The van der Waals surface area contributed by atoms with Crippen LogP contribution in [0.15, 0.2) is 23.1 Å². The summed E-state index contributed by atoms with van der Waals surface area (Å²) in [6.45, 7) is -1.02. The number of carboxylic acid groups (broad SMARTS) is 1. The van der Waals surface area contributed by atoms with Crippen molar-refractivity contribution in [2.75, 3.05) is 6.54 Å². The SMILES string of the molecule is O=C(O)c1cc(S(=O)(=O)NCC(F)F)ccc1I.